The van der Waals surface area contributed by atoms with E-state index in [0.29, 0.717) is 22.9 Å². The lowest BCUT2D eigenvalue weighted by molar-refractivity contribution is 0.102. The van der Waals surface area contributed by atoms with E-state index in [1.807, 2.05) is 18.2 Å². The lowest BCUT2D eigenvalue weighted by Crippen LogP contribution is -2.12. The van der Waals surface area contributed by atoms with Crippen LogP contribution in [0.2, 0.25) is 0 Å². The molecular formula is C21H21N3O3. The minimum absolute atomic E-state index is 0.223. The number of aromatic amines is 1. The number of aromatic nitrogens is 2. The van der Waals surface area contributed by atoms with Gasteiger partial charge in [0.1, 0.15) is 17.2 Å². The molecule has 1 heterocycles. The van der Waals surface area contributed by atoms with Crippen LogP contribution in [-0.4, -0.2) is 30.3 Å². The van der Waals surface area contributed by atoms with Gasteiger partial charge in [-0.25, -0.2) is 0 Å². The lowest BCUT2D eigenvalue weighted by atomic mass is 10.1. The zero-order chi connectivity index (χ0) is 18.8. The highest BCUT2D eigenvalue weighted by atomic mass is 16.5. The maximum Gasteiger partial charge on any atom is 0.273 e. The summed E-state index contributed by atoms with van der Waals surface area (Å²) in [5.41, 5.74) is 5.31. The van der Waals surface area contributed by atoms with Gasteiger partial charge in [-0.3, -0.25) is 9.89 Å². The summed E-state index contributed by atoms with van der Waals surface area (Å²) in [5.74, 6) is 1.10. The summed E-state index contributed by atoms with van der Waals surface area (Å²) in [6.07, 6.45) is 3.38. The molecule has 1 aliphatic carbocycles. The number of benzene rings is 2. The molecule has 3 aromatic rings. The molecule has 27 heavy (non-hydrogen) atoms. The predicted molar refractivity (Wildman–Crippen MR) is 104 cm³/mol. The molecule has 1 amide bonds. The number of nitrogens with zero attached hydrogens (tertiary/aromatic N) is 1. The largest absolute Gasteiger partial charge is 0.497 e. The fourth-order valence-corrected chi connectivity index (χ4v) is 3.43. The number of rotatable bonds is 5. The van der Waals surface area contributed by atoms with Crippen LogP contribution in [0.25, 0.3) is 11.3 Å². The topological polar surface area (TPSA) is 76.2 Å². The van der Waals surface area contributed by atoms with Gasteiger partial charge in [0.15, 0.2) is 0 Å². The van der Waals surface area contributed by atoms with E-state index in [2.05, 4.69) is 27.6 Å². The minimum atomic E-state index is -0.223. The number of hydrogen-bond acceptors (Lipinski definition) is 4. The summed E-state index contributed by atoms with van der Waals surface area (Å²) in [7, 11) is 3.19. The van der Waals surface area contributed by atoms with Crippen molar-refractivity contribution in [3.63, 3.8) is 0 Å². The van der Waals surface area contributed by atoms with Gasteiger partial charge in [-0.15, -0.1) is 0 Å². The Kier molecular flexibility index (Phi) is 4.54. The molecule has 6 nitrogen and oxygen atoms in total. The molecule has 6 heteroatoms. The highest BCUT2D eigenvalue weighted by Crippen LogP contribution is 2.32. The molecule has 0 saturated carbocycles. The molecular weight excluding hydrogens is 342 g/mol. The third kappa shape index (κ3) is 3.38. The van der Waals surface area contributed by atoms with Crippen molar-refractivity contribution < 1.29 is 14.3 Å². The number of nitrogens with one attached hydrogen (secondary N) is 2. The van der Waals surface area contributed by atoms with E-state index < -0.39 is 0 Å². The van der Waals surface area contributed by atoms with Gasteiger partial charge in [-0.1, -0.05) is 6.07 Å². The third-order valence-electron chi connectivity index (χ3n) is 4.86. The van der Waals surface area contributed by atoms with Crippen molar-refractivity contribution >= 4 is 11.6 Å². The summed E-state index contributed by atoms with van der Waals surface area (Å²) >= 11 is 0. The van der Waals surface area contributed by atoms with E-state index in [1.165, 1.54) is 17.5 Å². The van der Waals surface area contributed by atoms with Crippen LogP contribution in [0.4, 0.5) is 5.69 Å². The highest BCUT2D eigenvalue weighted by Gasteiger charge is 2.16. The van der Waals surface area contributed by atoms with Gasteiger partial charge < -0.3 is 14.8 Å². The Labute approximate surface area is 157 Å². The number of carbonyl (C=O) groups is 1. The zero-order valence-electron chi connectivity index (χ0n) is 15.3. The summed E-state index contributed by atoms with van der Waals surface area (Å²) in [4.78, 5) is 12.6. The van der Waals surface area contributed by atoms with Crippen molar-refractivity contribution in [2.45, 2.75) is 19.3 Å². The maximum atomic E-state index is 12.6. The van der Waals surface area contributed by atoms with Crippen molar-refractivity contribution in [3.05, 3.63) is 59.3 Å². The van der Waals surface area contributed by atoms with E-state index in [1.54, 1.807) is 26.4 Å². The molecule has 4 rings (SSSR count). The first-order valence-electron chi connectivity index (χ1n) is 8.89. The van der Waals surface area contributed by atoms with Crippen molar-refractivity contribution in [2.75, 3.05) is 19.5 Å². The molecule has 0 radical (unpaired) electrons. The van der Waals surface area contributed by atoms with E-state index in [0.717, 1.165) is 24.1 Å². The highest BCUT2D eigenvalue weighted by molar-refractivity contribution is 6.03. The Morgan fingerprint density at radius 3 is 2.70 bits per heavy atom. The van der Waals surface area contributed by atoms with Gasteiger partial charge >= 0.3 is 0 Å². The van der Waals surface area contributed by atoms with Crippen LogP contribution in [0.15, 0.2) is 42.5 Å². The first kappa shape index (κ1) is 17.1. The number of methoxy groups -OCH3 is 2. The number of fused-ring (bicyclic) bond motifs is 1. The standard InChI is InChI=1S/C21H21N3O3/c1-26-16-8-9-17(20(11-16)27-2)18-12-19(24-23-18)21(25)22-15-7-6-13-4-3-5-14(13)10-15/h6-12H,3-5H2,1-2H3,(H,22,25)(H,23,24). The van der Waals surface area contributed by atoms with Crippen molar-refractivity contribution in [1.29, 1.82) is 0 Å². The first-order valence-corrected chi connectivity index (χ1v) is 8.89. The van der Waals surface area contributed by atoms with Gasteiger partial charge in [-0.05, 0) is 60.7 Å². The number of ether oxygens (including phenoxy) is 2. The first-order chi connectivity index (χ1) is 13.2. The average Bonchev–Trinajstić information content (AvgIpc) is 3.36. The fourth-order valence-electron chi connectivity index (χ4n) is 3.43. The second-order valence-electron chi connectivity index (χ2n) is 6.52. The van der Waals surface area contributed by atoms with Crippen LogP contribution < -0.4 is 14.8 Å². The number of amides is 1. The number of hydrogen-bond donors (Lipinski definition) is 2. The number of H-pyrrole nitrogens is 1. The Morgan fingerprint density at radius 1 is 1.04 bits per heavy atom. The second-order valence-corrected chi connectivity index (χ2v) is 6.52. The Bertz CT molecular complexity index is 994. The molecule has 0 atom stereocenters. The van der Waals surface area contributed by atoms with Crippen LogP contribution >= 0.6 is 0 Å². The average molecular weight is 363 g/mol. The van der Waals surface area contributed by atoms with E-state index in [4.69, 9.17) is 9.47 Å². The summed E-state index contributed by atoms with van der Waals surface area (Å²) in [5, 5.41) is 10.0. The molecule has 1 aromatic heterocycles. The maximum absolute atomic E-state index is 12.6. The van der Waals surface area contributed by atoms with Crippen molar-refractivity contribution in [3.8, 4) is 22.8 Å². The summed E-state index contributed by atoms with van der Waals surface area (Å²) in [6, 6.07) is 13.3. The van der Waals surface area contributed by atoms with Gasteiger partial charge in [0.25, 0.3) is 5.91 Å². The normalized spacial score (nSPS) is 12.5. The molecule has 0 spiro atoms. The monoisotopic (exact) mass is 363 g/mol. The van der Waals surface area contributed by atoms with Crippen LogP contribution in [0.1, 0.15) is 28.0 Å². The van der Waals surface area contributed by atoms with Gasteiger partial charge in [0.05, 0.1) is 19.9 Å². The molecule has 2 aromatic carbocycles. The molecule has 2 N–H and O–H groups in total. The molecule has 0 fully saturated rings. The van der Waals surface area contributed by atoms with Crippen LogP contribution in [0.5, 0.6) is 11.5 Å². The van der Waals surface area contributed by atoms with Gasteiger partial charge in [-0.2, -0.15) is 5.10 Å². The van der Waals surface area contributed by atoms with Crippen molar-refractivity contribution in [1.82, 2.24) is 10.2 Å². The van der Waals surface area contributed by atoms with Gasteiger partial charge in [0.2, 0.25) is 0 Å². The molecule has 1 aliphatic rings. The van der Waals surface area contributed by atoms with Crippen LogP contribution in [-0.2, 0) is 12.8 Å². The molecule has 0 aliphatic heterocycles. The quantitative estimate of drug-likeness (QED) is 0.722. The smallest absolute Gasteiger partial charge is 0.273 e. The number of aryl methyl sites for hydroxylation is 2. The Hall–Kier alpha value is -3.28. The third-order valence-corrected chi connectivity index (χ3v) is 4.86. The summed E-state index contributed by atoms with van der Waals surface area (Å²) < 4.78 is 10.6. The van der Waals surface area contributed by atoms with Gasteiger partial charge in [0, 0.05) is 17.3 Å². The molecule has 138 valence electrons. The van der Waals surface area contributed by atoms with Crippen LogP contribution in [0.3, 0.4) is 0 Å². The Balaban J connectivity index is 1.55. The van der Waals surface area contributed by atoms with Crippen molar-refractivity contribution in [2.24, 2.45) is 0 Å². The lowest BCUT2D eigenvalue weighted by Gasteiger charge is -2.08. The number of anilines is 1. The number of carbonyl (C=O) groups excluding carboxylic acids is 1. The van der Waals surface area contributed by atoms with E-state index in [9.17, 15) is 4.79 Å². The zero-order valence-corrected chi connectivity index (χ0v) is 15.3. The second kappa shape index (κ2) is 7.15. The SMILES string of the molecule is COc1ccc(-c2cc(C(=O)Nc3ccc4c(c3)CCC4)[nH]n2)c(OC)c1. The van der Waals surface area contributed by atoms with Crippen LogP contribution in [0, 0.1) is 0 Å². The van der Waals surface area contributed by atoms with E-state index in [-0.39, 0.29) is 5.91 Å². The molecule has 0 saturated heterocycles. The summed E-state index contributed by atoms with van der Waals surface area (Å²) in [6.45, 7) is 0. The minimum Gasteiger partial charge on any atom is -0.497 e. The predicted octanol–water partition coefficient (Wildman–Crippen LogP) is 3.83. The molecule has 0 unspecified atom stereocenters. The Morgan fingerprint density at radius 2 is 1.89 bits per heavy atom. The van der Waals surface area contributed by atoms with E-state index >= 15 is 0 Å². The fraction of sp³-hybridized carbons (Fsp3) is 0.238. The molecule has 0 bridgehead atoms.